The Morgan fingerprint density at radius 1 is 0.920 bits per heavy atom. The molecule has 0 saturated carbocycles. The molecular formula is C21H38O4. The third-order valence-corrected chi connectivity index (χ3v) is 4.42. The number of carbonyl (C=O) groups is 2. The van der Waals surface area contributed by atoms with Crippen molar-refractivity contribution in [3.63, 3.8) is 0 Å². The molecule has 0 rings (SSSR count). The van der Waals surface area contributed by atoms with Crippen molar-refractivity contribution < 1.29 is 19.1 Å². The second-order valence-corrected chi connectivity index (χ2v) is 6.71. The largest absolute Gasteiger partial charge is 0.465 e. The normalized spacial score (nSPS) is 13.1. The zero-order valence-electron chi connectivity index (χ0n) is 16.6. The minimum absolute atomic E-state index is 0.213. The standard InChI is InChI=1S/C21H38O4/c1-5-9-11-14-19(8-4)25-21(23)16-12-15-20(22)24-17-18(7-3)13-10-6-2/h8,18-19H,4-7,9-17H2,1-3H3. The van der Waals surface area contributed by atoms with E-state index in [0.29, 0.717) is 18.9 Å². The van der Waals surface area contributed by atoms with Gasteiger partial charge in [0.05, 0.1) is 6.61 Å². The van der Waals surface area contributed by atoms with E-state index >= 15 is 0 Å². The smallest absolute Gasteiger partial charge is 0.306 e. The fraction of sp³-hybridized carbons (Fsp3) is 0.810. The first-order valence-corrected chi connectivity index (χ1v) is 10.0. The van der Waals surface area contributed by atoms with E-state index in [-0.39, 0.29) is 30.9 Å². The van der Waals surface area contributed by atoms with Crippen LogP contribution in [0.5, 0.6) is 0 Å². The van der Waals surface area contributed by atoms with Gasteiger partial charge >= 0.3 is 11.9 Å². The summed E-state index contributed by atoms with van der Waals surface area (Å²) in [7, 11) is 0. The average molecular weight is 355 g/mol. The minimum atomic E-state index is -0.261. The fourth-order valence-electron chi connectivity index (χ4n) is 2.61. The molecule has 4 nitrogen and oxygen atoms in total. The zero-order valence-corrected chi connectivity index (χ0v) is 16.6. The average Bonchev–Trinajstić information content (AvgIpc) is 2.61. The second kappa shape index (κ2) is 16.2. The van der Waals surface area contributed by atoms with Crippen LogP contribution in [0.15, 0.2) is 12.7 Å². The van der Waals surface area contributed by atoms with Crippen molar-refractivity contribution >= 4 is 11.9 Å². The molecule has 0 aromatic rings. The molecule has 0 aliphatic rings. The van der Waals surface area contributed by atoms with Gasteiger partial charge in [-0.25, -0.2) is 0 Å². The van der Waals surface area contributed by atoms with Gasteiger partial charge in [0.25, 0.3) is 0 Å². The lowest BCUT2D eigenvalue weighted by Crippen LogP contribution is -2.17. The van der Waals surface area contributed by atoms with Gasteiger partial charge in [0, 0.05) is 12.8 Å². The quantitative estimate of drug-likeness (QED) is 0.206. The first kappa shape index (κ1) is 23.7. The molecule has 0 aliphatic heterocycles. The van der Waals surface area contributed by atoms with Gasteiger partial charge in [-0.1, -0.05) is 65.5 Å². The van der Waals surface area contributed by atoms with Crippen molar-refractivity contribution in [3.05, 3.63) is 12.7 Å². The Labute approximate surface area is 154 Å². The summed E-state index contributed by atoms with van der Waals surface area (Å²) in [5.41, 5.74) is 0. The van der Waals surface area contributed by atoms with E-state index in [1.54, 1.807) is 6.08 Å². The van der Waals surface area contributed by atoms with E-state index in [0.717, 1.165) is 44.9 Å². The molecule has 4 heteroatoms. The topological polar surface area (TPSA) is 52.6 Å². The molecule has 0 bridgehead atoms. The maximum absolute atomic E-state index is 11.8. The molecule has 0 fully saturated rings. The highest BCUT2D eigenvalue weighted by molar-refractivity contribution is 5.72. The third-order valence-electron chi connectivity index (χ3n) is 4.42. The molecule has 0 aromatic heterocycles. The lowest BCUT2D eigenvalue weighted by molar-refractivity contribution is -0.148. The molecule has 0 aromatic carbocycles. The van der Waals surface area contributed by atoms with Crippen LogP contribution in [-0.4, -0.2) is 24.6 Å². The summed E-state index contributed by atoms with van der Waals surface area (Å²) in [6.07, 6.45) is 11.1. The molecule has 0 heterocycles. The SMILES string of the molecule is C=CC(CCCCC)OC(=O)CCCC(=O)OCC(CC)CCCC. The number of carbonyl (C=O) groups excluding carboxylic acids is 2. The predicted molar refractivity (Wildman–Crippen MR) is 102 cm³/mol. The first-order valence-electron chi connectivity index (χ1n) is 10.0. The van der Waals surface area contributed by atoms with E-state index in [9.17, 15) is 9.59 Å². The second-order valence-electron chi connectivity index (χ2n) is 6.71. The molecule has 25 heavy (non-hydrogen) atoms. The molecule has 0 radical (unpaired) electrons. The van der Waals surface area contributed by atoms with Crippen LogP contribution in [0, 0.1) is 5.92 Å². The molecule has 146 valence electrons. The number of ether oxygens (including phenoxy) is 2. The third kappa shape index (κ3) is 13.6. The number of unbranched alkanes of at least 4 members (excludes halogenated alkanes) is 3. The summed E-state index contributed by atoms with van der Waals surface area (Å²) < 4.78 is 10.7. The molecule has 0 spiro atoms. The molecule has 2 unspecified atom stereocenters. The van der Waals surface area contributed by atoms with Crippen LogP contribution in [0.3, 0.4) is 0 Å². The van der Waals surface area contributed by atoms with Crippen LogP contribution in [0.25, 0.3) is 0 Å². The monoisotopic (exact) mass is 354 g/mol. The van der Waals surface area contributed by atoms with E-state index in [4.69, 9.17) is 9.47 Å². The highest BCUT2D eigenvalue weighted by atomic mass is 16.5. The highest BCUT2D eigenvalue weighted by Gasteiger charge is 2.13. The van der Waals surface area contributed by atoms with E-state index in [2.05, 4.69) is 27.4 Å². The Kier molecular flexibility index (Phi) is 15.3. The van der Waals surface area contributed by atoms with Gasteiger partial charge in [-0.05, 0) is 31.6 Å². The summed E-state index contributed by atoms with van der Waals surface area (Å²) in [6.45, 7) is 10.6. The van der Waals surface area contributed by atoms with Crippen LogP contribution < -0.4 is 0 Å². The van der Waals surface area contributed by atoms with Crippen molar-refractivity contribution in [1.82, 2.24) is 0 Å². The Balaban J connectivity index is 3.87. The Hall–Kier alpha value is -1.32. The number of hydrogen-bond acceptors (Lipinski definition) is 4. The maximum atomic E-state index is 11.8. The lowest BCUT2D eigenvalue weighted by Gasteiger charge is -2.15. The molecule has 0 saturated heterocycles. The fourth-order valence-corrected chi connectivity index (χ4v) is 2.61. The van der Waals surface area contributed by atoms with Gasteiger partial charge in [-0.15, -0.1) is 0 Å². The summed E-state index contributed by atoms with van der Waals surface area (Å²) in [4.78, 5) is 23.6. The molecule has 2 atom stereocenters. The maximum Gasteiger partial charge on any atom is 0.306 e. The van der Waals surface area contributed by atoms with Crippen molar-refractivity contribution in [2.24, 2.45) is 5.92 Å². The Morgan fingerprint density at radius 3 is 2.20 bits per heavy atom. The van der Waals surface area contributed by atoms with Gasteiger partial charge in [0.2, 0.25) is 0 Å². The van der Waals surface area contributed by atoms with Crippen LogP contribution in [0.4, 0.5) is 0 Å². The first-order chi connectivity index (χ1) is 12.1. The molecule has 0 aliphatic carbocycles. The Morgan fingerprint density at radius 2 is 1.60 bits per heavy atom. The van der Waals surface area contributed by atoms with Crippen LogP contribution in [0.2, 0.25) is 0 Å². The number of esters is 2. The summed E-state index contributed by atoms with van der Waals surface area (Å²) in [5.74, 6) is -0.0279. The van der Waals surface area contributed by atoms with Gasteiger partial charge in [-0.2, -0.15) is 0 Å². The summed E-state index contributed by atoms with van der Waals surface area (Å²) in [5, 5.41) is 0. The van der Waals surface area contributed by atoms with Crippen molar-refractivity contribution in [1.29, 1.82) is 0 Å². The number of hydrogen-bond donors (Lipinski definition) is 0. The van der Waals surface area contributed by atoms with Crippen molar-refractivity contribution in [3.8, 4) is 0 Å². The van der Waals surface area contributed by atoms with E-state index in [1.807, 2.05) is 0 Å². The summed E-state index contributed by atoms with van der Waals surface area (Å²) >= 11 is 0. The van der Waals surface area contributed by atoms with Crippen LogP contribution in [-0.2, 0) is 19.1 Å². The summed E-state index contributed by atoms with van der Waals surface area (Å²) in [6, 6.07) is 0. The van der Waals surface area contributed by atoms with Gasteiger partial charge in [-0.3, -0.25) is 9.59 Å². The highest BCUT2D eigenvalue weighted by Crippen LogP contribution is 2.14. The van der Waals surface area contributed by atoms with Crippen molar-refractivity contribution in [2.75, 3.05) is 6.61 Å². The van der Waals surface area contributed by atoms with Gasteiger partial charge in [0.15, 0.2) is 0 Å². The van der Waals surface area contributed by atoms with Gasteiger partial charge in [0.1, 0.15) is 6.10 Å². The van der Waals surface area contributed by atoms with Crippen molar-refractivity contribution in [2.45, 2.75) is 97.5 Å². The van der Waals surface area contributed by atoms with Crippen LogP contribution in [0.1, 0.15) is 91.4 Å². The molecule has 0 amide bonds. The minimum Gasteiger partial charge on any atom is -0.465 e. The van der Waals surface area contributed by atoms with E-state index < -0.39 is 0 Å². The molecular weight excluding hydrogens is 316 g/mol. The lowest BCUT2D eigenvalue weighted by atomic mass is 10.0. The number of rotatable bonds is 16. The van der Waals surface area contributed by atoms with Crippen LogP contribution >= 0.6 is 0 Å². The molecule has 0 N–H and O–H groups in total. The Bertz CT molecular complexity index is 365. The predicted octanol–water partition coefficient (Wildman–Crippen LogP) is 5.59. The zero-order chi connectivity index (χ0) is 18.9. The van der Waals surface area contributed by atoms with Gasteiger partial charge < -0.3 is 9.47 Å². The van der Waals surface area contributed by atoms with E-state index in [1.165, 1.54) is 6.42 Å².